The van der Waals surface area contributed by atoms with Gasteiger partial charge in [-0.1, -0.05) is 0 Å². The second-order valence-electron chi connectivity index (χ2n) is 3.16. The first-order chi connectivity index (χ1) is 6.49. The summed E-state index contributed by atoms with van der Waals surface area (Å²) in [6, 6.07) is 0. The maximum absolute atomic E-state index is 11.4. The van der Waals surface area contributed by atoms with Crippen LogP contribution in [0.2, 0.25) is 0 Å². The van der Waals surface area contributed by atoms with Gasteiger partial charge in [-0.3, -0.25) is 14.4 Å². The lowest BCUT2D eigenvalue weighted by Gasteiger charge is -2.09. The standard InChI is InChI=1S/C8H11NO5/c1-9-3-4(7(11)12)5(6(9)10)8(13)14-2/h4-5H,3H2,1-2H3,(H,11,12)/t4-,5+/m0/s1. The largest absolute Gasteiger partial charge is 0.481 e. The van der Waals surface area contributed by atoms with Crippen molar-refractivity contribution in [2.24, 2.45) is 11.8 Å². The van der Waals surface area contributed by atoms with Crippen molar-refractivity contribution in [2.45, 2.75) is 0 Å². The molecule has 1 heterocycles. The van der Waals surface area contributed by atoms with Crippen LogP contribution in [0.3, 0.4) is 0 Å². The third-order valence-electron chi connectivity index (χ3n) is 2.29. The highest BCUT2D eigenvalue weighted by atomic mass is 16.5. The molecule has 6 nitrogen and oxygen atoms in total. The predicted octanol–water partition coefficient (Wildman–Crippen LogP) is -1.05. The zero-order valence-corrected chi connectivity index (χ0v) is 7.89. The van der Waals surface area contributed by atoms with E-state index < -0.39 is 29.7 Å². The minimum Gasteiger partial charge on any atom is -0.481 e. The number of likely N-dealkylation sites (tertiary alicyclic amines) is 1. The second-order valence-corrected chi connectivity index (χ2v) is 3.16. The molecule has 1 saturated heterocycles. The molecule has 1 aliphatic rings. The molecule has 1 rings (SSSR count). The lowest BCUT2D eigenvalue weighted by Crippen LogP contribution is -2.32. The minimum atomic E-state index is -1.19. The second kappa shape index (κ2) is 3.65. The van der Waals surface area contributed by atoms with Crippen molar-refractivity contribution in [1.82, 2.24) is 4.90 Å². The molecule has 0 aromatic carbocycles. The van der Waals surface area contributed by atoms with Crippen LogP contribution in [0.1, 0.15) is 0 Å². The number of carbonyl (C=O) groups is 3. The third-order valence-corrected chi connectivity index (χ3v) is 2.29. The zero-order valence-electron chi connectivity index (χ0n) is 7.89. The van der Waals surface area contributed by atoms with E-state index in [1.54, 1.807) is 0 Å². The van der Waals surface area contributed by atoms with Gasteiger partial charge in [-0.05, 0) is 0 Å². The van der Waals surface area contributed by atoms with Gasteiger partial charge in [-0.25, -0.2) is 0 Å². The Morgan fingerprint density at radius 2 is 2.14 bits per heavy atom. The van der Waals surface area contributed by atoms with Crippen LogP contribution in [-0.2, 0) is 19.1 Å². The first-order valence-corrected chi connectivity index (χ1v) is 4.04. The molecule has 78 valence electrons. The smallest absolute Gasteiger partial charge is 0.319 e. The highest BCUT2D eigenvalue weighted by molar-refractivity contribution is 6.03. The number of hydrogen-bond acceptors (Lipinski definition) is 4. The molecular formula is C8H11NO5. The number of esters is 1. The number of methoxy groups -OCH3 is 1. The van der Waals surface area contributed by atoms with Gasteiger partial charge in [-0.15, -0.1) is 0 Å². The first-order valence-electron chi connectivity index (χ1n) is 4.04. The van der Waals surface area contributed by atoms with Crippen LogP contribution < -0.4 is 0 Å². The van der Waals surface area contributed by atoms with Crippen molar-refractivity contribution < 1.29 is 24.2 Å². The van der Waals surface area contributed by atoms with E-state index >= 15 is 0 Å². The van der Waals surface area contributed by atoms with Gasteiger partial charge in [0.05, 0.1) is 13.0 Å². The van der Waals surface area contributed by atoms with Crippen molar-refractivity contribution in [1.29, 1.82) is 0 Å². The molecule has 2 atom stereocenters. The Kier molecular flexibility index (Phi) is 2.73. The lowest BCUT2D eigenvalue weighted by molar-refractivity contribution is -0.157. The summed E-state index contributed by atoms with van der Waals surface area (Å²) in [6.07, 6.45) is 0. The van der Waals surface area contributed by atoms with Gasteiger partial charge in [0.25, 0.3) is 0 Å². The van der Waals surface area contributed by atoms with Crippen LogP contribution in [0, 0.1) is 11.8 Å². The Bertz CT molecular complexity index is 287. The number of ether oxygens (including phenoxy) is 1. The van der Waals surface area contributed by atoms with Crippen molar-refractivity contribution in [3.05, 3.63) is 0 Å². The number of carboxylic acids is 1. The molecule has 0 aromatic heterocycles. The maximum atomic E-state index is 11.4. The molecule has 0 aliphatic carbocycles. The Morgan fingerprint density at radius 1 is 1.57 bits per heavy atom. The van der Waals surface area contributed by atoms with Crippen molar-refractivity contribution in [2.75, 3.05) is 20.7 Å². The molecule has 14 heavy (non-hydrogen) atoms. The van der Waals surface area contributed by atoms with E-state index in [-0.39, 0.29) is 6.54 Å². The fourth-order valence-corrected chi connectivity index (χ4v) is 1.51. The summed E-state index contributed by atoms with van der Waals surface area (Å²) in [5, 5.41) is 8.78. The molecule has 1 aliphatic heterocycles. The van der Waals surface area contributed by atoms with E-state index in [1.165, 1.54) is 11.9 Å². The molecular weight excluding hydrogens is 190 g/mol. The normalized spacial score (nSPS) is 26.4. The maximum Gasteiger partial charge on any atom is 0.319 e. The lowest BCUT2D eigenvalue weighted by atomic mass is 9.96. The summed E-state index contributed by atoms with van der Waals surface area (Å²) in [5.41, 5.74) is 0. The Labute approximate surface area is 80.4 Å². The van der Waals surface area contributed by atoms with Crippen LogP contribution >= 0.6 is 0 Å². The molecule has 0 bridgehead atoms. The average molecular weight is 201 g/mol. The van der Waals surface area contributed by atoms with Gasteiger partial charge in [0.1, 0.15) is 0 Å². The van der Waals surface area contributed by atoms with E-state index in [0.29, 0.717) is 0 Å². The number of amides is 1. The monoisotopic (exact) mass is 201 g/mol. The highest BCUT2D eigenvalue weighted by Gasteiger charge is 2.48. The van der Waals surface area contributed by atoms with Gasteiger partial charge in [0.2, 0.25) is 5.91 Å². The van der Waals surface area contributed by atoms with Gasteiger partial charge in [-0.2, -0.15) is 0 Å². The summed E-state index contributed by atoms with van der Waals surface area (Å²) in [6.45, 7) is 0.0495. The van der Waals surface area contributed by atoms with Crippen LogP contribution in [0.15, 0.2) is 0 Å². The average Bonchev–Trinajstić information content (AvgIpc) is 2.43. The molecule has 0 unspecified atom stereocenters. The zero-order chi connectivity index (χ0) is 10.9. The number of aliphatic carboxylic acids is 1. The molecule has 6 heteroatoms. The van der Waals surface area contributed by atoms with E-state index in [2.05, 4.69) is 4.74 Å². The van der Waals surface area contributed by atoms with E-state index in [1.807, 2.05) is 0 Å². The third kappa shape index (κ3) is 1.55. The summed E-state index contributed by atoms with van der Waals surface area (Å²) in [4.78, 5) is 34.5. The topological polar surface area (TPSA) is 83.9 Å². The first kappa shape index (κ1) is 10.5. The fourth-order valence-electron chi connectivity index (χ4n) is 1.51. The van der Waals surface area contributed by atoms with Crippen LogP contribution in [0.5, 0.6) is 0 Å². The van der Waals surface area contributed by atoms with Crippen molar-refractivity contribution >= 4 is 17.8 Å². The number of carbonyl (C=O) groups excluding carboxylic acids is 2. The molecule has 1 fully saturated rings. The number of rotatable bonds is 2. The van der Waals surface area contributed by atoms with Gasteiger partial charge >= 0.3 is 11.9 Å². The van der Waals surface area contributed by atoms with Gasteiger partial charge in [0.15, 0.2) is 5.92 Å². The highest BCUT2D eigenvalue weighted by Crippen LogP contribution is 2.24. The summed E-state index contributed by atoms with van der Waals surface area (Å²) in [5.74, 6) is -4.63. The van der Waals surface area contributed by atoms with Crippen LogP contribution in [0.4, 0.5) is 0 Å². The molecule has 1 N–H and O–H groups in total. The molecule has 0 aromatic rings. The van der Waals surface area contributed by atoms with Gasteiger partial charge < -0.3 is 14.7 Å². The molecule has 0 radical (unpaired) electrons. The predicted molar refractivity (Wildman–Crippen MR) is 44.3 cm³/mol. The van der Waals surface area contributed by atoms with Gasteiger partial charge in [0, 0.05) is 13.6 Å². The fraction of sp³-hybridized carbons (Fsp3) is 0.625. The van der Waals surface area contributed by atoms with Crippen LogP contribution in [0.25, 0.3) is 0 Å². The van der Waals surface area contributed by atoms with Crippen molar-refractivity contribution in [3.8, 4) is 0 Å². The van der Waals surface area contributed by atoms with E-state index in [9.17, 15) is 14.4 Å². The molecule has 1 amide bonds. The SMILES string of the molecule is COC(=O)[C@H]1C(=O)N(C)C[C@@H]1C(=O)O. The Balaban J connectivity index is 2.92. The molecule has 0 spiro atoms. The number of nitrogens with zero attached hydrogens (tertiary/aromatic N) is 1. The number of hydrogen-bond donors (Lipinski definition) is 1. The Morgan fingerprint density at radius 3 is 2.57 bits per heavy atom. The quantitative estimate of drug-likeness (QED) is 0.455. The minimum absolute atomic E-state index is 0.0495. The van der Waals surface area contributed by atoms with E-state index in [0.717, 1.165) is 7.11 Å². The number of carboxylic acid groups (broad SMARTS) is 1. The Hall–Kier alpha value is -1.59. The van der Waals surface area contributed by atoms with E-state index in [4.69, 9.17) is 5.11 Å². The summed E-state index contributed by atoms with van der Waals surface area (Å²) < 4.78 is 4.38. The van der Waals surface area contributed by atoms with Crippen molar-refractivity contribution in [3.63, 3.8) is 0 Å². The summed E-state index contributed by atoms with van der Waals surface area (Å²) in [7, 11) is 2.59. The molecule has 0 saturated carbocycles. The summed E-state index contributed by atoms with van der Waals surface area (Å²) >= 11 is 0. The van der Waals surface area contributed by atoms with Crippen LogP contribution in [-0.4, -0.2) is 48.6 Å².